The zero-order valence-electron chi connectivity index (χ0n) is 6.67. The monoisotopic (exact) mass is 242 g/mol. The predicted octanol–water partition coefficient (Wildman–Crippen LogP) is 4.05. The van der Waals surface area contributed by atoms with Gasteiger partial charge in [0, 0.05) is 0 Å². The third kappa shape index (κ3) is 1.71. The van der Waals surface area contributed by atoms with Crippen molar-refractivity contribution in [3.63, 3.8) is 0 Å². The van der Waals surface area contributed by atoms with Gasteiger partial charge in [-0.2, -0.15) is 0 Å². The van der Waals surface area contributed by atoms with Crippen molar-refractivity contribution in [3.8, 4) is 5.75 Å². The first kappa shape index (κ1) is 10.9. The topological polar surface area (TPSA) is 20.2 Å². The molecule has 0 bridgehead atoms. The summed E-state index contributed by atoms with van der Waals surface area (Å²) >= 11 is 16.9. The average Bonchev–Trinajstić information content (AvgIpc) is 2.13. The molecule has 1 aromatic carbocycles. The van der Waals surface area contributed by atoms with Crippen LogP contribution in [0.25, 0.3) is 0 Å². The van der Waals surface area contributed by atoms with Crippen LogP contribution >= 0.6 is 34.8 Å². The zero-order chi connectivity index (χ0) is 10.2. The van der Waals surface area contributed by atoms with E-state index in [2.05, 4.69) is 0 Å². The molecule has 0 fully saturated rings. The number of halogens is 4. The minimum atomic E-state index is -0.978. The summed E-state index contributed by atoms with van der Waals surface area (Å²) in [5.74, 6) is -1.62. The fourth-order valence-electron chi connectivity index (χ4n) is 0.979. The third-order valence-corrected chi connectivity index (χ3v) is 2.96. The molecular weight excluding hydrogens is 237 g/mol. The van der Waals surface area contributed by atoms with E-state index < -0.39 is 11.6 Å². The van der Waals surface area contributed by atoms with Crippen molar-refractivity contribution < 1.29 is 9.50 Å². The highest BCUT2D eigenvalue weighted by Crippen LogP contribution is 2.41. The summed E-state index contributed by atoms with van der Waals surface area (Å²) in [5.41, 5.74) is 0.451. The molecule has 0 spiro atoms. The number of hydrogen-bond donors (Lipinski definition) is 1. The second-order valence-electron chi connectivity index (χ2n) is 2.44. The highest BCUT2D eigenvalue weighted by Gasteiger charge is 2.19. The number of aromatic hydroxyl groups is 1. The van der Waals surface area contributed by atoms with Gasteiger partial charge in [-0.3, -0.25) is 0 Å². The predicted molar refractivity (Wildman–Crippen MR) is 52.5 cm³/mol. The minimum Gasteiger partial charge on any atom is -0.504 e. The van der Waals surface area contributed by atoms with Gasteiger partial charge < -0.3 is 5.11 Å². The van der Waals surface area contributed by atoms with Crippen molar-refractivity contribution in [3.05, 3.63) is 26.4 Å². The van der Waals surface area contributed by atoms with Crippen LogP contribution < -0.4 is 0 Å². The molecule has 72 valence electrons. The standard InChI is InChI=1S/C8H6Cl3FO/c1-2-3-4(9)6(11)7(12)8(13)5(3)10/h13H,2H2,1H3. The van der Waals surface area contributed by atoms with Gasteiger partial charge in [-0.05, 0) is 12.0 Å². The number of benzene rings is 1. The van der Waals surface area contributed by atoms with E-state index in [1.165, 1.54) is 0 Å². The quantitative estimate of drug-likeness (QED) is 0.583. The van der Waals surface area contributed by atoms with Gasteiger partial charge in [-0.1, -0.05) is 41.7 Å². The molecule has 0 aliphatic carbocycles. The first-order valence-corrected chi connectivity index (χ1v) is 4.67. The molecule has 5 heteroatoms. The Morgan fingerprint density at radius 3 is 2.15 bits per heavy atom. The lowest BCUT2D eigenvalue weighted by Gasteiger charge is -2.09. The number of phenols is 1. The number of hydrogen-bond acceptors (Lipinski definition) is 1. The van der Waals surface area contributed by atoms with Gasteiger partial charge in [-0.15, -0.1) is 0 Å². The summed E-state index contributed by atoms with van der Waals surface area (Å²) in [4.78, 5) is 0. The SMILES string of the molecule is CCc1c(Cl)c(O)c(F)c(Cl)c1Cl. The van der Waals surface area contributed by atoms with E-state index in [0.29, 0.717) is 12.0 Å². The normalized spacial score (nSPS) is 10.5. The molecule has 1 rings (SSSR count). The molecule has 0 radical (unpaired) electrons. The molecular formula is C8H6Cl3FO. The van der Waals surface area contributed by atoms with Crippen molar-refractivity contribution in [1.82, 2.24) is 0 Å². The van der Waals surface area contributed by atoms with Crippen LogP contribution in [0.5, 0.6) is 5.75 Å². The van der Waals surface area contributed by atoms with Crippen molar-refractivity contribution in [2.24, 2.45) is 0 Å². The molecule has 0 saturated heterocycles. The number of phenolic OH excluding ortho intramolecular Hbond substituents is 1. The summed E-state index contributed by atoms with van der Waals surface area (Å²) in [5, 5.41) is 8.87. The maximum absolute atomic E-state index is 13.0. The Morgan fingerprint density at radius 1 is 1.15 bits per heavy atom. The van der Waals surface area contributed by atoms with Crippen LogP contribution in [-0.4, -0.2) is 5.11 Å². The first-order valence-electron chi connectivity index (χ1n) is 3.54. The highest BCUT2D eigenvalue weighted by molar-refractivity contribution is 6.44. The van der Waals surface area contributed by atoms with Crippen LogP contribution in [0.1, 0.15) is 12.5 Å². The molecule has 0 aromatic heterocycles. The zero-order valence-corrected chi connectivity index (χ0v) is 8.93. The van der Waals surface area contributed by atoms with Gasteiger partial charge in [0.15, 0.2) is 11.6 Å². The Labute approximate surface area is 90.0 Å². The lowest BCUT2D eigenvalue weighted by Crippen LogP contribution is -1.90. The summed E-state index contributed by atoms with van der Waals surface area (Å²) in [6.45, 7) is 1.78. The van der Waals surface area contributed by atoms with E-state index in [0.717, 1.165) is 0 Å². The maximum atomic E-state index is 13.0. The van der Waals surface area contributed by atoms with Crippen LogP contribution in [0.3, 0.4) is 0 Å². The molecule has 1 nitrogen and oxygen atoms in total. The summed E-state index contributed by atoms with van der Waals surface area (Å²) in [6, 6.07) is 0. The van der Waals surface area contributed by atoms with E-state index in [4.69, 9.17) is 34.8 Å². The fraction of sp³-hybridized carbons (Fsp3) is 0.250. The third-order valence-electron chi connectivity index (χ3n) is 1.68. The fourth-order valence-corrected chi connectivity index (χ4v) is 1.85. The summed E-state index contributed by atoms with van der Waals surface area (Å²) in [6.07, 6.45) is 0.477. The van der Waals surface area contributed by atoms with Crippen LogP contribution in [0, 0.1) is 5.82 Å². The molecule has 0 aliphatic rings. The van der Waals surface area contributed by atoms with E-state index >= 15 is 0 Å². The Balaban J connectivity index is 3.56. The lowest BCUT2D eigenvalue weighted by atomic mass is 10.1. The van der Waals surface area contributed by atoms with Gasteiger partial charge in [0.05, 0.1) is 15.1 Å². The Bertz CT molecular complexity index is 323. The average molecular weight is 243 g/mol. The minimum absolute atomic E-state index is 0.0597. The van der Waals surface area contributed by atoms with Gasteiger partial charge >= 0.3 is 0 Å². The van der Waals surface area contributed by atoms with Crippen LogP contribution in [0.15, 0.2) is 0 Å². The van der Waals surface area contributed by atoms with Crippen LogP contribution in [0.2, 0.25) is 15.1 Å². The molecule has 0 saturated carbocycles. The lowest BCUT2D eigenvalue weighted by molar-refractivity contribution is 0.432. The molecule has 0 unspecified atom stereocenters. The van der Waals surface area contributed by atoms with Gasteiger partial charge in [0.2, 0.25) is 0 Å². The number of rotatable bonds is 1. The molecule has 1 aromatic rings. The summed E-state index contributed by atoms with van der Waals surface area (Å²) < 4.78 is 13.0. The van der Waals surface area contributed by atoms with E-state index in [1.54, 1.807) is 6.92 Å². The smallest absolute Gasteiger partial charge is 0.186 e. The van der Waals surface area contributed by atoms with Crippen molar-refractivity contribution in [2.45, 2.75) is 13.3 Å². The van der Waals surface area contributed by atoms with Crippen LogP contribution in [-0.2, 0) is 6.42 Å². The Hall–Kier alpha value is -0.180. The summed E-state index contributed by atoms with van der Waals surface area (Å²) in [7, 11) is 0. The van der Waals surface area contributed by atoms with Gasteiger partial charge in [0.25, 0.3) is 0 Å². The van der Waals surface area contributed by atoms with Crippen molar-refractivity contribution in [2.75, 3.05) is 0 Å². The van der Waals surface area contributed by atoms with E-state index in [1.807, 2.05) is 0 Å². The van der Waals surface area contributed by atoms with Crippen LogP contribution in [0.4, 0.5) is 4.39 Å². The highest BCUT2D eigenvalue weighted by atomic mass is 35.5. The molecule has 0 heterocycles. The second-order valence-corrected chi connectivity index (χ2v) is 3.57. The first-order chi connectivity index (χ1) is 6.00. The van der Waals surface area contributed by atoms with E-state index in [-0.39, 0.29) is 15.1 Å². The second kappa shape index (κ2) is 3.91. The van der Waals surface area contributed by atoms with Crippen molar-refractivity contribution >= 4 is 34.8 Å². The Kier molecular flexibility index (Phi) is 3.28. The molecule has 13 heavy (non-hydrogen) atoms. The molecule has 0 aliphatic heterocycles. The molecule has 0 atom stereocenters. The van der Waals surface area contributed by atoms with E-state index in [9.17, 15) is 9.50 Å². The van der Waals surface area contributed by atoms with Gasteiger partial charge in [-0.25, -0.2) is 4.39 Å². The van der Waals surface area contributed by atoms with Crippen molar-refractivity contribution in [1.29, 1.82) is 0 Å². The maximum Gasteiger partial charge on any atom is 0.186 e. The molecule has 1 N–H and O–H groups in total. The largest absolute Gasteiger partial charge is 0.504 e. The van der Waals surface area contributed by atoms with Gasteiger partial charge in [0.1, 0.15) is 0 Å². The Morgan fingerprint density at radius 2 is 1.69 bits per heavy atom. The molecule has 0 amide bonds.